The number of sulfonamides is 1. The fourth-order valence-electron chi connectivity index (χ4n) is 1.34. The van der Waals surface area contributed by atoms with Crippen LogP contribution >= 0.6 is 11.3 Å². The fraction of sp³-hybridized carbons (Fsp3) is 0.545. The molecule has 1 atom stereocenters. The summed E-state index contributed by atoms with van der Waals surface area (Å²) in [6.07, 6.45) is 0.666. The summed E-state index contributed by atoms with van der Waals surface area (Å²) in [7, 11) is -3.24. The molecule has 1 aromatic heterocycles. The van der Waals surface area contributed by atoms with Crippen molar-refractivity contribution in [1.29, 1.82) is 5.26 Å². The lowest BCUT2D eigenvalue weighted by Gasteiger charge is -2.11. The van der Waals surface area contributed by atoms with Crippen LogP contribution in [0.1, 0.15) is 31.2 Å². The van der Waals surface area contributed by atoms with Crippen molar-refractivity contribution in [2.75, 3.05) is 12.3 Å². The van der Waals surface area contributed by atoms with E-state index < -0.39 is 10.0 Å². The summed E-state index contributed by atoms with van der Waals surface area (Å²) in [5.41, 5.74) is 1.15. The fourth-order valence-corrected chi connectivity index (χ4v) is 3.29. The third-order valence-electron chi connectivity index (χ3n) is 2.42. The number of unbranched alkanes of at least 4 members (excludes halogenated alkanes) is 1. The van der Waals surface area contributed by atoms with Gasteiger partial charge < -0.3 is 0 Å². The first kappa shape index (κ1) is 14.2. The van der Waals surface area contributed by atoms with E-state index in [1.165, 1.54) is 0 Å². The van der Waals surface area contributed by atoms with E-state index in [1.54, 1.807) is 11.3 Å². The van der Waals surface area contributed by atoms with Gasteiger partial charge in [0.15, 0.2) is 0 Å². The molecule has 1 aromatic rings. The molecule has 6 heteroatoms. The standard InChI is InChI=1S/C11H16N2O2S2/c1-10(11-4-6-16-9-11)8-13-17(14,15)7-3-2-5-12/h4,6,9-10,13H,2-3,7-8H2,1H3. The third-order valence-corrected chi connectivity index (χ3v) is 4.56. The summed E-state index contributed by atoms with van der Waals surface area (Å²) in [4.78, 5) is 0. The van der Waals surface area contributed by atoms with Crippen LogP contribution in [0, 0.1) is 11.3 Å². The van der Waals surface area contributed by atoms with E-state index >= 15 is 0 Å². The summed E-state index contributed by atoms with van der Waals surface area (Å²) < 4.78 is 25.7. The molecule has 1 heterocycles. The summed E-state index contributed by atoms with van der Waals surface area (Å²) in [6.45, 7) is 2.39. The second-order valence-electron chi connectivity index (χ2n) is 3.89. The van der Waals surface area contributed by atoms with Crippen LogP contribution in [0.2, 0.25) is 0 Å². The monoisotopic (exact) mass is 272 g/mol. The summed E-state index contributed by atoms with van der Waals surface area (Å²) in [5.74, 6) is 0.198. The highest BCUT2D eigenvalue weighted by molar-refractivity contribution is 7.89. The number of hydrogen-bond donors (Lipinski definition) is 1. The van der Waals surface area contributed by atoms with Crippen LogP contribution in [0.3, 0.4) is 0 Å². The van der Waals surface area contributed by atoms with Crippen molar-refractivity contribution in [2.45, 2.75) is 25.7 Å². The van der Waals surface area contributed by atoms with Gasteiger partial charge in [0.1, 0.15) is 0 Å². The maximum absolute atomic E-state index is 11.6. The van der Waals surface area contributed by atoms with Crippen LogP contribution in [-0.2, 0) is 10.0 Å². The normalized spacial score (nSPS) is 13.2. The predicted molar refractivity (Wildman–Crippen MR) is 69.4 cm³/mol. The van der Waals surface area contributed by atoms with Crippen molar-refractivity contribution in [3.63, 3.8) is 0 Å². The Morgan fingerprint density at radius 2 is 2.35 bits per heavy atom. The lowest BCUT2D eigenvalue weighted by molar-refractivity contribution is 0.573. The van der Waals surface area contributed by atoms with Gasteiger partial charge in [-0.1, -0.05) is 6.92 Å². The number of nitriles is 1. The van der Waals surface area contributed by atoms with Gasteiger partial charge in [-0.2, -0.15) is 16.6 Å². The van der Waals surface area contributed by atoms with Gasteiger partial charge in [-0.15, -0.1) is 0 Å². The highest BCUT2D eigenvalue weighted by atomic mass is 32.2. The van der Waals surface area contributed by atoms with Crippen LogP contribution in [0.25, 0.3) is 0 Å². The molecule has 0 radical (unpaired) electrons. The van der Waals surface area contributed by atoms with E-state index in [4.69, 9.17) is 5.26 Å². The van der Waals surface area contributed by atoms with E-state index in [2.05, 4.69) is 4.72 Å². The molecule has 1 N–H and O–H groups in total. The third kappa shape index (κ3) is 5.31. The van der Waals surface area contributed by atoms with E-state index in [0.717, 1.165) is 5.56 Å². The van der Waals surface area contributed by atoms with Gasteiger partial charge in [-0.3, -0.25) is 0 Å². The first-order valence-electron chi connectivity index (χ1n) is 5.41. The lowest BCUT2D eigenvalue weighted by Crippen LogP contribution is -2.29. The summed E-state index contributed by atoms with van der Waals surface area (Å²) in [6, 6.07) is 3.94. The molecule has 0 aliphatic rings. The number of hydrogen-bond acceptors (Lipinski definition) is 4. The molecule has 0 aromatic carbocycles. The Kier molecular flexibility index (Phi) is 5.62. The smallest absolute Gasteiger partial charge is 0.211 e. The zero-order valence-electron chi connectivity index (χ0n) is 9.72. The summed E-state index contributed by atoms with van der Waals surface area (Å²) in [5, 5.41) is 12.3. The number of thiophene rings is 1. The molecule has 0 saturated carbocycles. The maximum Gasteiger partial charge on any atom is 0.211 e. The van der Waals surface area contributed by atoms with Crippen LogP contribution in [-0.4, -0.2) is 20.7 Å². The molecule has 4 nitrogen and oxygen atoms in total. The topological polar surface area (TPSA) is 70.0 Å². The zero-order valence-corrected chi connectivity index (χ0v) is 11.4. The van der Waals surface area contributed by atoms with Gasteiger partial charge >= 0.3 is 0 Å². The van der Waals surface area contributed by atoms with Crippen molar-refractivity contribution in [2.24, 2.45) is 0 Å². The molecule has 0 bridgehead atoms. The van der Waals surface area contributed by atoms with E-state index in [1.807, 2.05) is 29.8 Å². The molecule has 0 saturated heterocycles. The largest absolute Gasteiger partial charge is 0.215 e. The number of nitrogens with one attached hydrogen (secondary N) is 1. The van der Waals surface area contributed by atoms with Crippen LogP contribution in [0.4, 0.5) is 0 Å². The minimum atomic E-state index is -3.24. The molecule has 17 heavy (non-hydrogen) atoms. The Bertz CT molecular complexity index is 460. The first-order chi connectivity index (χ1) is 8.05. The lowest BCUT2D eigenvalue weighted by atomic mass is 10.1. The summed E-state index contributed by atoms with van der Waals surface area (Å²) >= 11 is 1.60. The molecule has 0 amide bonds. The maximum atomic E-state index is 11.6. The van der Waals surface area contributed by atoms with Crippen LogP contribution in [0.5, 0.6) is 0 Å². The predicted octanol–water partition coefficient (Wildman–Crippen LogP) is 2.07. The Labute approximate surface area is 106 Å². The van der Waals surface area contributed by atoms with Crippen molar-refractivity contribution in [3.8, 4) is 6.07 Å². The van der Waals surface area contributed by atoms with Gasteiger partial charge in [-0.25, -0.2) is 13.1 Å². The molecule has 0 spiro atoms. The molecular formula is C11H16N2O2S2. The van der Waals surface area contributed by atoms with E-state index in [9.17, 15) is 8.42 Å². The number of nitrogens with zero attached hydrogens (tertiary/aromatic N) is 1. The van der Waals surface area contributed by atoms with E-state index in [-0.39, 0.29) is 18.1 Å². The van der Waals surface area contributed by atoms with Crippen molar-refractivity contribution in [1.82, 2.24) is 4.72 Å². The Balaban J connectivity index is 2.37. The Morgan fingerprint density at radius 1 is 1.59 bits per heavy atom. The molecule has 0 aliphatic carbocycles. The average Bonchev–Trinajstić information content (AvgIpc) is 2.80. The van der Waals surface area contributed by atoms with Crippen molar-refractivity contribution in [3.05, 3.63) is 22.4 Å². The molecule has 0 aliphatic heterocycles. The number of rotatable bonds is 7. The van der Waals surface area contributed by atoms with Crippen LogP contribution < -0.4 is 4.72 Å². The SMILES string of the molecule is CC(CNS(=O)(=O)CCCC#N)c1ccsc1. The minimum Gasteiger partial charge on any atom is -0.215 e. The van der Waals surface area contributed by atoms with Crippen molar-refractivity contribution >= 4 is 21.4 Å². The quantitative estimate of drug-likeness (QED) is 0.772. The van der Waals surface area contributed by atoms with E-state index in [0.29, 0.717) is 13.0 Å². The second-order valence-corrected chi connectivity index (χ2v) is 6.59. The zero-order chi connectivity index (χ0) is 12.7. The van der Waals surface area contributed by atoms with Gasteiger partial charge in [0.2, 0.25) is 10.0 Å². The first-order valence-corrected chi connectivity index (χ1v) is 8.01. The molecule has 1 unspecified atom stereocenters. The Morgan fingerprint density at radius 3 is 2.94 bits per heavy atom. The van der Waals surface area contributed by atoms with Crippen LogP contribution in [0.15, 0.2) is 16.8 Å². The van der Waals surface area contributed by atoms with Gasteiger partial charge in [-0.05, 0) is 34.7 Å². The van der Waals surface area contributed by atoms with Gasteiger partial charge in [0, 0.05) is 13.0 Å². The van der Waals surface area contributed by atoms with Gasteiger partial charge in [0.05, 0.1) is 11.8 Å². The molecular weight excluding hydrogens is 256 g/mol. The van der Waals surface area contributed by atoms with Gasteiger partial charge in [0.25, 0.3) is 0 Å². The second kappa shape index (κ2) is 6.74. The van der Waals surface area contributed by atoms with Crippen molar-refractivity contribution < 1.29 is 8.42 Å². The minimum absolute atomic E-state index is 0.0247. The average molecular weight is 272 g/mol. The Hall–Kier alpha value is -0.900. The molecule has 0 fully saturated rings. The molecule has 94 valence electrons. The highest BCUT2D eigenvalue weighted by Crippen LogP contribution is 2.17. The highest BCUT2D eigenvalue weighted by Gasteiger charge is 2.12. The molecule has 1 rings (SSSR count).